The highest BCUT2D eigenvalue weighted by Crippen LogP contribution is 2.70. The number of hydrogen-bond donors (Lipinski definition) is 0. The monoisotopic (exact) mass is 495 g/mol. The van der Waals surface area contributed by atoms with E-state index >= 15 is 0 Å². The molecule has 0 N–H and O–H groups in total. The third kappa shape index (κ3) is 3.79. The van der Waals surface area contributed by atoms with E-state index in [9.17, 15) is 0 Å². The Hall–Kier alpha value is -1.14. The van der Waals surface area contributed by atoms with Crippen molar-refractivity contribution in [2.75, 3.05) is 39.5 Å². The molecule has 5 bridgehead atoms. The Morgan fingerprint density at radius 3 is 2.83 bits per heavy atom. The second-order valence-corrected chi connectivity index (χ2v) is 13.3. The van der Waals surface area contributed by atoms with Crippen LogP contribution < -0.4 is 0 Å². The maximum atomic E-state index is 7.18. The lowest BCUT2D eigenvalue weighted by molar-refractivity contribution is -0.193. The van der Waals surface area contributed by atoms with Crippen LogP contribution in [0.2, 0.25) is 0 Å². The van der Waals surface area contributed by atoms with Crippen LogP contribution in [0.15, 0.2) is 34.7 Å². The van der Waals surface area contributed by atoms with Crippen molar-refractivity contribution in [1.82, 2.24) is 4.90 Å². The molecule has 0 amide bonds. The van der Waals surface area contributed by atoms with Crippen LogP contribution in [0.3, 0.4) is 0 Å². The molecule has 0 radical (unpaired) electrons. The van der Waals surface area contributed by atoms with Gasteiger partial charge in [-0.05, 0) is 111 Å². The number of ether oxygens (including phenoxy) is 3. The summed E-state index contributed by atoms with van der Waals surface area (Å²) in [6.45, 7) is 10.8. The fourth-order valence-corrected chi connectivity index (χ4v) is 9.91. The Balaban J connectivity index is 1.07. The molecule has 3 heterocycles. The molecule has 3 saturated carbocycles. The van der Waals surface area contributed by atoms with Crippen LogP contribution in [0.4, 0.5) is 0 Å². The Labute approximate surface area is 216 Å². The van der Waals surface area contributed by atoms with Gasteiger partial charge in [0.15, 0.2) is 0 Å². The summed E-state index contributed by atoms with van der Waals surface area (Å²) < 4.78 is 25.3. The van der Waals surface area contributed by atoms with Crippen molar-refractivity contribution >= 4 is 0 Å². The first kappa shape index (κ1) is 23.9. The van der Waals surface area contributed by atoms with Gasteiger partial charge in [0.2, 0.25) is 0 Å². The molecule has 4 unspecified atom stereocenters. The molecule has 4 aliphatic carbocycles. The third-order valence-corrected chi connectivity index (χ3v) is 11.7. The molecule has 2 aliphatic heterocycles. The molecule has 0 spiro atoms. The van der Waals surface area contributed by atoms with Crippen LogP contribution in [-0.2, 0) is 14.2 Å². The molecule has 6 aliphatic rings. The minimum absolute atomic E-state index is 0.154. The molecule has 5 nitrogen and oxygen atoms in total. The van der Waals surface area contributed by atoms with Gasteiger partial charge in [-0.2, -0.15) is 0 Å². The molecule has 36 heavy (non-hydrogen) atoms. The van der Waals surface area contributed by atoms with Crippen LogP contribution in [0, 0.1) is 28.6 Å². The zero-order valence-corrected chi connectivity index (χ0v) is 22.3. The molecule has 9 atom stereocenters. The minimum Gasteiger partial charge on any atom is -0.472 e. The van der Waals surface area contributed by atoms with E-state index in [4.69, 9.17) is 18.6 Å². The van der Waals surface area contributed by atoms with E-state index in [-0.39, 0.29) is 17.6 Å². The summed E-state index contributed by atoms with van der Waals surface area (Å²) >= 11 is 0. The van der Waals surface area contributed by atoms with Crippen LogP contribution in [0.5, 0.6) is 0 Å². The van der Waals surface area contributed by atoms with E-state index in [0.717, 1.165) is 44.2 Å². The van der Waals surface area contributed by atoms with Gasteiger partial charge in [-0.25, -0.2) is 0 Å². The minimum atomic E-state index is 0.154. The average molecular weight is 496 g/mol. The number of allylic oxidation sites excluding steroid dienone is 1. The largest absolute Gasteiger partial charge is 0.472 e. The van der Waals surface area contributed by atoms with E-state index in [1.54, 1.807) is 5.57 Å². The first-order valence-corrected chi connectivity index (χ1v) is 14.8. The molecule has 0 aromatic carbocycles. The second-order valence-electron chi connectivity index (χ2n) is 13.3. The summed E-state index contributed by atoms with van der Waals surface area (Å²) in [6, 6.07) is 2.20. The summed E-state index contributed by atoms with van der Waals surface area (Å²) in [7, 11) is 0. The number of likely N-dealkylation sites (tertiary alicyclic amines) is 1. The van der Waals surface area contributed by atoms with Crippen molar-refractivity contribution in [2.24, 2.45) is 28.6 Å². The van der Waals surface area contributed by atoms with Crippen LogP contribution in [0.1, 0.15) is 76.7 Å². The zero-order valence-electron chi connectivity index (χ0n) is 22.3. The topological polar surface area (TPSA) is 44.1 Å². The normalized spacial score (nSPS) is 45.5. The number of hydrogen-bond acceptors (Lipinski definition) is 5. The zero-order chi connectivity index (χ0) is 24.3. The molecular formula is C31H45NO4. The Kier molecular flexibility index (Phi) is 6.15. The van der Waals surface area contributed by atoms with Crippen molar-refractivity contribution in [3.63, 3.8) is 0 Å². The van der Waals surface area contributed by atoms with Gasteiger partial charge in [0.05, 0.1) is 50.7 Å². The lowest BCUT2D eigenvalue weighted by atomic mass is 9.46. The summed E-state index contributed by atoms with van der Waals surface area (Å²) in [5.41, 5.74) is 3.61. The molecule has 5 fully saturated rings. The molecule has 2 saturated heterocycles. The molecule has 1 aromatic heterocycles. The number of fused-ring (bicyclic) bond motifs is 1. The fraction of sp³-hybridized carbons (Fsp3) is 0.806. The second kappa shape index (κ2) is 9.25. The van der Waals surface area contributed by atoms with Crippen molar-refractivity contribution < 1.29 is 18.6 Å². The smallest absolute Gasteiger partial charge is 0.0937 e. The lowest BCUT2D eigenvalue weighted by Crippen LogP contribution is -2.58. The first-order valence-electron chi connectivity index (χ1n) is 14.8. The van der Waals surface area contributed by atoms with E-state index in [1.165, 1.54) is 50.8 Å². The van der Waals surface area contributed by atoms with E-state index in [0.29, 0.717) is 36.6 Å². The predicted octanol–water partition coefficient (Wildman–Crippen LogP) is 5.81. The summed E-state index contributed by atoms with van der Waals surface area (Å²) in [4.78, 5) is 2.51. The van der Waals surface area contributed by atoms with Crippen molar-refractivity contribution in [3.8, 4) is 0 Å². The standard InChI is InChI=1S/C31H45NO4/c1-30-9-7-24-23-6-5-22-17-26(35-16-15-33-14-12-32-10-3-4-11-32)28(19-31(22,24)2)36-27(29(23)30)18-25(30)21-8-13-34-20-21/h5,8,13,20,23-29H,3-4,6-7,9-12,14-19H2,1-2H3/t23-,24-,25?,26?,27?,28?,29-,30-,31+/m1/s1. The third-order valence-electron chi connectivity index (χ3n) is 11.7. The van der Waals surface area contributed by atoms with Gasteiger partial charge in [0, 0.05) is 6.54 Å². The van der Waals surface area contributed by atoms with Gasteiger partial charge in [0.1, 0.15) is 0 Å². The van der Waals surface area contributed by atoms with E-state index in [2.05, 4.69) is 30.9 Å². The Bertz CT molecular complexity index is 954. The van der Waals surface area contributed by atoms with Gasteiger partial charge in [-0.15, -0.1) is 0 Å². The van der Waals surface area contributed by atoms with Crippen molar-refractivity contribution in [1.29, 1.82) is 0 Å². The van der Waals surface area contributed by atoms with E-state index in [1.807, 2.05) is 12.5 Å². The van der Waals surface area contributed by atoms with Gasteiger partial charge in [-0.3, -0.25) is 0 Å². The average Bonchev–Trinajstić information content (AvgIpc) is 3.62. The van der Waals surface area contributed by atoms with Crippen LogP contribution in [-0.4, -0.2) is 62.7 Å². The number of rotatable bonds is 8. The molecule has 7 rings (SSSR count). The summed E-state index contributed by atoms with van der Waals surface area (Å²) in [5.74, 6) is 2.71. The quantitative estimate of drug-likeness (QED) is 0.336. The number of nitrogens with zero attached hydrogens (tertiary/aromatic N) is 1. The number of furan rings is 1. The highest BCUT2D eigenvalue weighted by atomic mass is 16.6. The van der Waals surface area contributed by atoms with E-state index < -0.39 is 0 Å². The maximum Gasteiger partial charge on any atom is 0.0937 e. The molecular weight excluding hydrogens is 450 g/mol. The summed E-state index contributed by atoms with van der Waals surface area (Å²) in [6.07, 6.45) is 17.0. The first-order chi connectivity index (χ1) is 17.6. The lowest BCUT2D eigenvalue weighted by Gasteiger charge is -2.61. The van der Waals surface area contributed by atoms with Crippen LogP contribution >= 0.6 is 0 Å². The highest BCUT2D eigenvalue weighted by molar-refractivity contribution is 5.30. The predicted molar refractivity (Wildman–Crippen MR) is 139 cm³/mol. The van der Waals surface area contributed by atoms with Gasteiger partial charge < -0.3 is 23.5 Å². The Morgan fingerprint density at radius 2 is 2.00 bits per heavy atom. The maximum absolute atomic E-state index is 7.18. The van der Waals surface area contributed by atoms with Crippen LogP contribution in [0.25, 0.3) is 0 Å². The highest BCUT2D eigenvalue weighted by Gasteiger charge is 2.65. The summed E-state index contributed by atoms with van der Waals surface area (Å²) in [5, 5.41) is 0. The van der Waals surface area contributed by atoms with Gasteiger partial charge >= 0.3 is 0 Å². The molecule has 5 heteroatoms. The Morgan fingerprint density at radius 1 is 1.11 bits per heavy atom. The van der Waals surface area contributed by atoms with Crippen molar-refractivity contribution in [2.45, 2.75) is 89.4 Å². The van der Waals surface area contributed by atoms with Crippen molar-refractivity contribution in [3.05, 3.63) is 35.8 Å². The fourth-order valence-electron chi connectivity index (χ4n) is 9.91. The molecule has 1 aromatic rings. The van der Waals surface area contributed by atoms with Gasteiger partial charge in [0.25, 0.3) is 0 Å². The molecule has 198 valence electrons. The SMILES string of the molecule is C[C@@]12CC3OC4CC(c5ccoc5)[C@@]5(C)CC[C@@H]1[C@@H](CC=C2CC3OCCOCCN1CCCC1)[C@H]45. The van der Waals surface area contributed by atoms with Gasteiger partial charge in [-0.1, -0.05) is 25.5 Å².